The molecule has 9 heteroatoms. The smallest absolute Gasteiger partial charge is 0.342 e. The van der Waals surface area contributed by atoms with Crippen LogP contribution < -0.4 is 5.32 Å². The van der Waals surface area contributed by atoms with Gasteiger partial charge in [-0.2, -0.15) is 0 Å². The van der Waals surface area contributed by atoms with Crippen LogP contribution in [0.5, 0.6) is 0 Å². The molecule has 1 rings (SSSR count). The summed E-state index contributed by atoms with van der Waals surface area (Å²) in [5.41, 5.74) is -0.0138. The fourth-order valence-corrected chi connectivity index (χ4v) is 2.31. The SMILES string of the molecule is CCC(CC)NC(=O)COC(=O)c1cc([C@H](O)[C@H](O)[C@@H](O)CO)oc1C. The standard InChI is InChI=1S/C17H27NO8/c1-4-10(5-2)18-14(21)8-25-17(24)11-6-13(26-9(11)3)16(23)15(22)12(20)7-19/h6,10,12,15-16,19-20,22-23H,4-5,7-8H2,1-3H3,(H,18,21)/t12-,15+,16-/m0/s1. The van der Waals surface area contributed by atoms with Crippen LogP contribution in [0, 0.1) is 6.92 Å². The van der Waals surface area contributed by atoms with Crippen molar-refractivity contribution in [2.24, 2.45) is 0 Å². The van der Waals surface area contributed by atoms with Crippen LogP contribution in [0.2, 0.25) is 0 Å². The van der Waals surface area contributed by atoms with Gasteiger partial charge in [-0.15, -0.1) is 0 Å². The molecule has 0 bridgehead atoms. The van der Waals surface area contributed by atoms with Crippen LogP contribution in [0.25, 0.3) is 0 Å². The average molecular weight is 373 g/mol. The Morgan fingerprint density at radius 2 is 1.85 bits per heavy atom. The Kier molecular flexibility index (Phi) is 8.73. The molecule has 1 heterocycles. The molecule has 0 spiro atoms. The van der Waals surface area contributed by atoms with E-state index in [1.54, 1.807) is 0 Å². The summed E-state index contributed by atoms with van der Waals surface area (Å²) in [6, 6.07) is 1.17. The van der Waals surface area contributed by atoms with Crippen molar-refractivity contribution < 1.29 is 39.2 Å². The number of furan rings is 1. The highest BCUT2D eigenvalue weighted by atomic mass is 16.5. The molecule has 0 aromatic carbocycles. The maximum atomic E-state index is 12.1. The summed E-state index contributed by atoms with van der Waals surface area (Å²) >= 11 is 0. The van der Waals surface area contributed by atoms with Crippen molar-refractivity contribution in [2.45, 2.75) is 58.0 Å². The van der Waals surface area contributed by atoms with Gasteiger partial charge in [-0.1, -0.05) is 13.8 Å². The Morgan fingerprint density at radius 1 is 1.23 bits per heavy atom. The lowest BCUT2D eigenvalue weighted by Gasteiger charge is -2.19. The quantitative estimate of drug-likeness (QED) is 0.354. The Morgan fingerprint density at radius 3 is 2.38 bits per heavy atom. The number of esters is 1. The summed E-state index contributed by atoms with van der Waals surface area (Å²) < 4.78 is 10.2. The van der Waals surface area contributed by atoms with Crippen molar-refractivity contribution in [1.82, 2.24) is 5.32 Å². The topological polar surface area (TPSA) is 149 Å². The summed E-state index contributed by atoms with van der Waals surface area (Å²) in [4.78, 5) is 23.9. The zero-order valence-corrected chi connectivity index (χ0v) is 15.1. The minimum atomic E-state index is -1.69. The van der Waals surface area contributed by atoms with Crippen LogP contribution in [0.15, 0.2) is 10.5 Å². The Hall–Kier alpha value is -1.94. The summed E-state index contributed by atoms with van der Waals surface area (Å²) in [5.74, 6) is -1.29. The molecule has 5 N–H and O–H groups in total. The van der Waals surface area contributed by atoms with Gasteiger partial charge in [0, 0.05) is 6.04 Å². The third-order valence-corrected chi connectivity index (χ3v) is 4.04. The highest BCUT2D eigenvalue weighted by Crippen LogP contribution is 2.25. The van der Waals surface area contributed by atoms with E-state index in [1.807, 2.05) is 13.8 Å². The van der Waals surface area contributed by atoms with E-state index in [9.17, 15) is 24.9 Å². The van der Waals surface area contributed by atoms with E-state index in [1.165, 1.54) is 6.92 Å². The van der Waals surface area contributed by atoms with Crippen molar-refractivity contribution in [2.75, 3.05) is 13.2 Å². The normalized spacial score (nSPS) is 14.8. The van der Waals surface area contributed by atoms with Crippen LogP contribution in [0.4, 0.5) is 0 Å². The summed E-state index contributed by atoms with van der Waals surface area (Å²) in [6.07, 6.45) is -3.38. The van der Waals surface area contributed by atoms with E-state index >= 15 is 0 Å². The molecule has 148 valence electrons. The van der Waals surface area contributed by atoms with Gasteiger partial charge in [-0.3, -0.25) is 4.79 Å². The van der Waals surface area contributed by atoms with Crippen molar-refractivity contribution in [3.63, 3.8) is 0 Å². The maximum Gasteiger partial charge on any atom is 0.342 e. The Balaban J connectivity index is 2.71. The molecule has 0 radical (unpaired) electrons. The molecule has 0 unspecified atom stereocenters. The predicted octanol–water partition coefficient (Wildman–Crippen LogP) is -0.203. The molecule has 0 aliphatic rings. The average Bonchev–Trinajstić information content (AvgIpc) is 3.03. The molecular weight excluding hydrogens is 346 g/mol. The molecule has 26 heavy (non-hydrogen) atoms. The lowest BCUT2D eigenvalue weighted by molar-refractivity contribution is -0.125. The molecule has 0 saturated carbocycles. The molecular formula is C17H27NO8. The third-order valence-electron chi connectivity index (χ3n) is 4.04. The fourth-order valence-electron chi connectivity index (χ4n) is 2.31. The molecule has 0 fully saturated rings. The van der Waals surface area contributed by atoms with Gasteiger partial charge in [0.1, 0.15) is 35.4 Å². The first-order chi connectivity index (χ1) is 12.2. The van der Waals surface area contributed by atoms with Crippen molar-refractivity contribution in [3.8, 4) is 0 Å². The molecule has 0 aliphatic carbocycles. The van der Waals surface area contributed by atoms with Crippen LogP contribution in [0.3, 0.4) is 0 Å². The Labute approximate surface area is 151 Å². The van der Waals surface area contributed by atoms with Gasteiger partial charge >= 0.3 is 5.97 Å². The highest BCUT2D eigenvalue weighted by molar-refractivity contribution is 5.92. The number of amides is 1. The van der Waals surface area contributed by atoms with Crippen LogP contribution in [-0.2, 0) is 9.53 Å². The number of nitrogens with one attached hydrogen (secondary N) is 1. The fraction of sp³-hybridized carbons (Fsp3) is 0.647. The number of rotatable bonds is 10. The monoisotopic (exact) mass is 373 g/mol. The summed E-state index contributed by atoms with van der Waals surface area (Å²) in [5, 5.41) is 40.5. The minimum Gasteiger partial charge on any atom is -0.463 e. The lowest BCUT2D eigenvalue weighted by Crippen LogP contribution is -2.36. The van der Waals surface area contributed by atoms with Crippen LogP contribution >= 0.6 is 0 Å². The number of aryl methyl sites for hydroxylation is 1. The summed E-state index contributed by atoms with van der Waals surface area (Å²) in [6.45, 7) is 4.11. The van der Waals surface area contributed by atoms with Gasteiger partial charge in [0.2, 0.25) is 0 Å². The zero-order valence-electron chi connectivity index (χ0n) is 15.1. The Bertz CT molecular complexity index is 596. The second-order valence-electron chi connectivity index (χ2n) is 5.96. The predicted molar refractivity (Wildman–Crippen MR) is 90.3 cm³/mol. The molecule has 0 aliphatic heterocycles. The highest BCUT2D eigenvalue weighted by Gasteiger charge is 2.30. The van der Waals surface area contributed by atoms with E-state index < -0.39 is 43.4 Å². The number of carbonyl (C=O) groups excluding carboxylic acids is 2. The molecule has 3 atom stereocenters. The van der Waals surface area contributed by atoms with Gasteiger partial charge < -0.3 is 34.9 Å². The van der Waals surface area contributed by atoms with E-state index in [0.717, 1.165) is 18.9 Å². The largest absolute Gasteiger partial charge is 0.463 e. The molecule has 1 aromatic rings. The van der Waals surface area contributed by atoms with Gasteiger partial charge in [0.05, 0.1) is 6.61 Å². The number of hydrogen-bond acceptors (Lipinski definition) is 8. The van der Waals surface area contributed by atoms with Crippen molar-refractivity contribution in [3.05, 3.63) is 23.2 Å². The number of carbonyl (C=O) groups is 2. The summed E-state index contributed by atoms with van der Waals surface area (Å²) in [7, 11) is 0. The van der Waals surface area contributed by atoms with Crippen LogP contribution in [-0.4, -0.2) is 63.8 Å². The second-order valence-corrected chi connectivity index (χ2v) is 5.96. The maximum absolute atomic E-state index is 12.1. The number of ether oxygens (including phenoxy) is 1. The van der Waals surface area contributed by atoms with Gasteiger partial charge in [-0.25, -0.2) is 4.79 Å². The van der Waals surface area contributed by atoms with Gasteiger partial charge in [0.25, 0.3) is 5.91 Å². The van der Waals surface area contributed by atoms with Crippen LogP contribution in [0.1, 0.15) is 54.7 Å². The second kappa shape index (κ2) is 10.3. The van der Waals surface area contributed by atoms with Gasteiger partial charge in [-0.05, 0) is 25.8 Å². The lowest BCUT2D eigenvalue weighted by atomic mass is 10.1. The molecule has 1 amide bonds. The molecule has 1 aromatic heterocycles. The van der Waals surface area contributed by atoms with Crippen molar-refractivity contribution in [1.29, 1.82) is 0 Å². The van der Waals surface area contributed by atoms with E-state index in [2.05, 4.69) is 5.32 Å². The first-order valence-electron chi connectivity index (χ1n) is 8.46. The van der Waals surface area contributed by atoms with Crippen molar-refractivity contribution >= 4 is 11.9 Å². The number of hydrogen-bond donors (Lipinski definition) is 5. The minimum absolute atomic E-state index is 0.0121. The number of aliphatic hydroxyl groups is 4. The van der Waals surface area contributed by atoms with Gasteiger partial charge in [0.15, 0.2) is 6.61 Å². The zero-order chi connectivity index (χ0) is 19.9. The third kappa shape index (κ3) is 5.80. The molecule has 9 nitrogen and oxygen atoms in total. The van der Waals surface area contributed by atoms with E-state index in [-0.39, 0.29) is 23.1 Å². The van der Waals surface area contributed by atoms with E-state index in [0.29, 0.717) is 0 Å². The first kappa shape index (κ1) is 22.1. The number of aliphatic hydroxyl groups excluding tert-OH is 4. The molecule has 0 saturated heterocycles. The van der Waals surface area contributed by atoms with E-state index in [4.69, 9.17) is 14.3 Å². The first-order valence-corrected chi connectivity index (χ1v) is 8.46.